The fraction of sp³-hybridized carbons (Fsp3) is 0.316. The van der Waals surface area contributed by atoms with Gasteiger partial charge >= 0.3 is 13.6 Å². The van der Waals surface area contributed by atoms with Crippen LogP contribution in [0, 0.1) is 0 Å². The van der Waals surface area contributed by atoms with E-state index in [2.05, 4.69) is 21.0 Å². The fourth-order valence-corrected chi connectivity index (χ4v) is 5.44. The highest BCUT2D eigenvalue weighted by atomic mass is 79.9. The van der Waals surface area contributed by atoms with E-state index < -0.39 is 13.6 Å². The van der Waals surface area contributed by atoms with E-state index in [-0.39, 0.29) is 19.2 Å². The molecule has 8 heteroatoms. The van der Waals surface area contributed by atoms with E-state index in [1.54, 1.807) is 17.7 Å². The van der Waals surface area contributed by atoms with Crippen LogP contribution in [-0.4, -0.2) is 23.8 Å². The van der Waals surface area contributed by atoms with Gasteiger partial charge in [0.1, 0.15) is 12.3 Å². The van der Waals surface area contributed by atoms with E-state index in [1.165, 1.54) is 0 Å². The zero-order valence-corrected chi connectivity index (χ0v) is 17.7. The second-order valence-corrected chi connectivity index (χ2v) is 9.16. The summed E-state index contributed by atoms with van der Waals surface area (Å²) in [7, 11) is -3.50. The van der Waals surface area contributed by atoms with Crippen molar-refractivity contribution in [3.8, 4) is 5.75 Å². The SMILES string of the molecule is CCOC(=O)CNP1(=O)Oc2ccc(Br)cc2CN1C(C)c1ccccc1. The van der Waals surface area contributed by atoms with Gasteiger partial charge in [0.25, 0.3) is 0 Å². The first-order valence-corrected chi connectivity index (χ1v) is 11.1. The Morgan fingerprint density at radius 3 is 2.78 bits per heavy atom. The molecule has 27 heavy (non-hydrogen) atoms. The normalized spacial score (nSPS) is 20.4. The van der Waals surface area contributed by atoms with E-state index in [0.717, 1.165) is 15.6 Å². The summed E-state index contributed by atoms with van der Waals surface area (Å²) in [5.41, 5.74) is 1.94. The van der Waals surface area contributed by atoms with Gasteiger partial charge < -0.3 is 9.26 Å². The van der Waals surface area contributed by atoms with Crippen LogP contribution < -0.4 is 9.61 Å². The summed E-state index contributed by atoms with van der Waals surface area (Å²) in [5.74, 6) is 0.0830. The van der Waals surface area contributed by atoms with Gasteiger partial charge in [-0.15, -0.1) is 0 Å². The van der Waals surface area contributed by atoms with Crippen molar-refractivity contribution in [1.29, 1.82) is 0 Å². The van der Waals surface area contributed by atoms with E-state index in [4.69, 9.17) is 9.26 Å². The van der Waals surface area contributed by atoms with Gasteiger partial charge in [-0.25, -0.2) is 9.65 Å². The predicted octanol–water partition coefficient (Wildman–Crippen LogP) is 4.67. The van der Waals surface area contributed by atoms with Gasteiger partial charge in [-0.2, -0.15) is 4.67 Å². The molecule has 144 valence electrons. The Bertz CT molecular complexity index is 862. The molecule has 2 aromatic rings. The number of halogens is 1. The summed E-state index contributed by atoms with van der Waals surface area (Å²) < 4.78 is 27.2. The van der Waals surface area contributed by atoms with Crippen LogP contribution >= 0.6 is 23.6 Å². The summed E-state index contributed by atoms with van der Waals surface area (Å²) in [6.07, 6.45) is 0. The first-order chi connectivity index (χ1) is 12.9. The molecule has 0 aliphatic carbocycles. The third kappa shape index (κ3) is 4.61. The predicted molar refractivity (Wildman–Crippen MR) is 107 cm³/mol. The molecule has 3 rings (SSSR count). The van der Waals surface area contributed by atoms with Gasteiger partial charge in [0.05, 0.1) is 6.61 Å². The number of ether oxygens (including phenoxy) is 1. The minimum Gasteiger partial charge on any atom is -0.465 e. The molecule has 0 fully saturated rings. The monoisotopic (exact) mass is 452 g/mol. The largest absolute Gasteiger partial charge is 0.465 e. The summed E-state index contributed by atoms with van der Waals surface area (Å²) >= 11 is 3.47. The van der Waals surface area contributed by atoms with E-state index in [0.29, 0.717) is 12.3 Å². The molecular formula is C19H22BrN2O4P. The van der Waals surface area contributed by atoms with Crippen LogP contribution in [0.25, 0.3) is 0 Å². The summed E-state index contributed by atoms with van der Waals surface area (Å²) in [5, 5.41) is 2.81. The van der Waals surface area contributed by atoms with Crippen LogP contribution in [0.15, 0.2) is 53.0 Å². The van der Waals surface area contributed by atoms with Crippen molar-refractivity contribution in [2.24, 2.45) is 0 Å². The van der Waals surface area contributed by atoms with Crippen molar-refractivity contribution in [1.82, 2.24) is 9.76 Å². The minimum absolute atomic E-state index is 0.182. The topological polar surface area (TPSA) is 67.9 Å². The van der Waals surface area contributed by atoms with Gasteiger partial charge in [-0.1, -0.05) is 46.3 Å². The molecule has 1 aliphatic heterocycles. The summed E-state index contributed by atoms with van der Waals surface area (Å²) in [4.78, 5) is 11.8. The standard InChI is InChI=1S/C19H22BrN2O4P/c1-3-25-19(23)12-21-27(24)22(14(2)15-7-5-4-6-8-15)13-16-11-17(20)9-10-18(16)26-27/h4-11,14H,3,12-13H2,1-2H3,(H,21,24). The van der Waals surface area contributed by atoms with Crippen molar-refractivity contribution in [3.05, 3.63) is 64.1 Å². The molecule has 0 amide bonds. The van der Waals surface area contributed by atoms with E-state index in [9.17, 15) is 9.36 Å². The molecule has 2 atom stereocenters. The lowest BCUT2D eigenvalue weighted by molar-refractivity contribution is -0.141. The summed E-state index contributed by atoms with van der Waals surface area (Å²) in [6.45, 7) is 4.22. The number of esters is 1. The highest BCUT2D eigenvalue weighted by Gasteiger charge is 2.42. The Balaban J connectivity index is 1.92. The smallest absolute Gasteiger partial charge is 0.394 e. The number of hydrogen-bond donors (Lipinski definition) is 1. The number of fused-ring (bicyclic) bond motifs is 1. The molecule has 0 saturated heterocycles. The fourth-order valence-electron chi connectivity index (χ4n) is 2.98. The van der Waals surface area contributed by atoms with Gasteiger partial charge in [0, 0.05) is 22.6 Å². The molecule has 0 aromatic heterocycles. The van der Waals surface area contributed by atoms with Crippen molar-refractivity contribution in [2.75, 3.05) is 13.2 Å². The second-order valence-electron chi connectivity index (χ2n) is 6.19. The van der Waals surface area contributed by atoms with Crippen LogP contribution in [0.4, 0.5) is 0 Å². The third-order valence-corrected chi connectivity index (χ3v) is 7.03. The molecule has 0 saturated carbocycles. The number of hydrogen-bond acceptors (Lipinski definition) is 4. The Morgan fingerprint density at radius 1 is 1.33 bits per heavy atom. The molecule has 0 spiro atoms. The Morgan fingerprint density at radius 2 is 2.07 bits per heavy atom. The first kappa shape index (κ1) is 20.1. The minimum atomic E-state index is -3.50. The molecule has 0 bridgehead atoms. The van der Waals surface area contributed by atoms with Crippen LogP contribution in [0.5, 0.6) is 5.75 Å². The highest BCUT2D eigenvalue weighted by Crippen LogP contribution is 2.56. The molecule has 2 aromatic carbocycles. The lowest BCUT2D eigenvalue weighted by Crippen LogP contribution is -2.37. The maximum Gasteiger partial charge on any atom is 0.394 e. The average molecular weight is 453 g/mol. The van der Waals surface area contributed by atoms with Crippen LogP contribution in [0.1, 0.15) is 31.0 Å². The molecule has 6 nitrogen and oxygen atoms in total. The molecule has 1 aliphatic rings. The maximum absolute atomic E-state index is 13.7. The number of carbonyl (C=O) groups is 1. The van der Waals surface area contributed by atoms with E-state index >= 15 is 0 Å². The Kier molecular flexibility index (Phi) is 6.37. The van der Waals surface area contributed by atoms with Crippen molar-refractivity contribution in [3.63, 3.8) is 0 Å². The van der Waals surface area contributed by atoms with Gasteiger partial charge in [-0.3, -0.25) is 4.79 Å². The van der Waals surface area contributed by atoms with Gasteiger partial charge in [0.2, 0.25) is 0 Å². The van der Waals surface area contributed by atoms with Crippen molar-refractivity contribution < 1.29 is 18.6 Å². The zero-order chi connectivity index (χ0) is 19.4. The highest BCUT2D eigenvalue weighted by molar-refractivity contribution is 9.10. The maximum atomic E-state index is 13.7. The number of nitrogens with one attached hydrogen (secondary N) is 1. The van der Waals surface area contributed by atoms with Crippen LogP contribution in [-0.2, 0) is 20.6 Å². The van der Waals surface area contributed by atoms with E-state index in [1.807, 2.05) is 49.4 Å². The lowest BCUT2D eigenvalue weighted by Gasteiger charge is -2.39. The zero-order valence-electron chi connectivity index (χ0n) is 15.2. The van der Waals surface area contributed by atoms with Gasteiger partial charge in [0.15, 0.2) is 0 Å². The number of nitrogens with zero attached hydrogens (tertiary/aromatic N) is 1. The Hall–Kier alpha value is -1.66. The van der Waals surface area contributed by atoms with Gasteiger partial charge in [-0.05, 0) is 37.6 Å². The van der Waals surface area contributed by atoms with Crippen molar-refractivity contribution in [2.45, 2.75) is 26.4 Å². The quantitative estimate of drug-likeness (QED) is 0.507. The van der Waals surface area contributed by atoms with Crippen LogP contribution in [0.2, 0.25) is 0 Å². The molecule has 1 heterocycles. The van der Waals surface area contributed by atoms with Crippen LogP contribution in [0.3, 0.4) is 0 Å². The number of benzene rings is 2. The number of rotatable bonds is 6. The first-order valence-electron chi connectivity index (χ1n) is 8.74. The third-order valence-electron chi connectivity index (χ3n) is 4.37. The molecule has 1 N–H and O–H groups in total. The van der Waals surface area contributed by atoms with Crippen molar-refractivity contribution >= 4 is 29.6 Å². The molecular weight excluding hydrogens is 431 g/mol. The number of carbonyl (C=O) groups excluding carboxylic acids is 1. The Labute approximate surface area is 167 Å². The summed E-state index contributed by atoms with van der Waals surface area (Å²) in [6, 6.07) is 15.2. The lowest BCUT2D eigenvalue weighted by atomic mass is 10.1. The molecule has 0 radical (unpaired) electrons. The molecule has 2 unspecified atom stereocenters. The average Bonchev–Trinajstić information content (AvgIpc) is 2.67. The second kappa shape index (κ2) is 8.57.